The number of nitrogens with zero attached hydrogens (tertiary/aromatic N) is 1. The van der Waals surface area contributed by atoms with Gasteiger partial charge in [0.25, 0.3) is 0 Å². The molecule has 134 valence electrons. The molecule has 2 rings (SSSR count). The van der Waals surface area contributed by atoms with Gasteiger partial charge in [-0.2, -0.15) is 11.8 Å². The highest BCUT2D eigenvalue weighted by Gasteiger charge is 2.24. The van der Waals surface area contributed by atoms with Crippen molar-refractivity contribution in [1.29, 1.82) is 0 Å². The number of rotatable bonds is 6. The first-order chi connectivity index (χ1) is 11.4. The van der Waals surface area contributed by atoms with E-state index in [0.717, 1.165) is 22.3 Å². The van der Waals surface area contributed by atoms with Gasteiger partial charge in [0.2, 0.25) is 0 Å². The zero-order chi connectivity index (χ0) is 17.6. The molecule has 1 saturated carbocycles. The lowest BCUT2D eigenvalue weighted by Crippen LogP contribution is -2.42. The van der Waals surface area contributed by atoms with Crippen LogP contribution in [0.1, 0.15) is 30.4 Å². The van der Waals surface area contributed by atoms with Crippen LogP contribution in [0.15, 0.2) is 29.3 Å². The third-order valence-electron chi connectivity index (χ3n) is 4.19. The van der Waals surface area contributed by atoms with Crippen LogP contribution < -0.4 is 10.6 Å². The lowest BCUT2D eigenvalue weighted by atomic mass is 10.1. The minimum atomic E-state index is -2.99. The molecule has 5 nitrogen and oxygen atoms in total. The molecule has 0 radical (unpaired) electrons. The van der Waals surface area contributed by atoms with Crippen LogP contribution in [-0.2, 0) is 22.1 Å². The second-order valence-corrected chi connectivity index (χ2v) is 9.60. The maximum Gasteiger partial charge on any atom is 0.191 e. The summed E-state index contributed by atoms with van der Waals surface area (Å²) >= 11 is 1.94. The largest absolute Gasteiger partial charge is 0.354 e. The van der Waals surface area contributed by atoms with Crippen LogP contribution in [0.2, 0.25) is 0 Å². The lowest BCUT2D eigenvalue weighted by molar-refractivity contribution is 0.601. The highest BCUT2D eigenvalue weighted by molar-refractivity contribution is 7.99. The van der Waals surface area contributed by atoms with E-state index in [9.17, 15) is 8.42 Å². The van der Waals surface area contributed by atoms with Crippen molar-refractivity contribution in [3.05, 3.63) is 35.4 Å². The second kappa shape index (κ2) is 8.76. The maximum absolute atomic E-state index is 11.3. The van der Waals surface area contributed by atoms with Gasteiger partial charge in [-0.3, -0.25) is 4.99 Å². The third kappa shape index (κ3) is 6.36. The molecule has 1 aliphatic rings. The molecule has 0 bridgehead atoms. The highest BCUT2D eigenvalue weighted by Crippen LogP contribution is 2.27. The van der Waals surface area contributed by atoms with Crippen LogP contribution in [0.5, 0.6) is 0 Å². The molecule has 1 aromatic carbocycles. The van der Waals surface area contributed by atoms with Gasteiger partial charge in [-0.15, -0.1) is 0 Å². The summed E-state index contributed by atoms with van der Waals surface area (Å²) in [5, 5.41) is 7.57. The molecule has 7 heteroatoms. The van der Waals surface area contributed by atoms with Gasteiger partial charge in [0, 0.05) is 31.1 Å². The minimum absolute atomic E-state index is 0.0855. The van der Waals surface area contributed by atoms with Crippen LogP contribution in [0, 0.1) is 0 Å². The Morgan fingerprint density at radius 2 is 1.92 bits per heavy atom. The Bertz CT molecular complexity index is 657. The third-order valence-corrected chi connectivity index (χ3v) is 6.15. The molecule has 2 N–H and O–H groups in total. The molecule has 0 heterocycles. The number of guanidine groups is 1. The standard InChI is InChI=1S/C17H27N3O2S2/c1-18-17(20-15-8-9-16(10-15)23-2)19-11-13-4-6-14(7-5-13)12-24(3,21)22/h4-7,15-16H,8-12H2,1-3H3,(H2,18,19,20). The average Bonchev–Trinajstić information content (AvgIpc) is 2.99. The first-order valence-corrected chi connectivity index (χ1v) is 11.5. The first-order valence-electron chi connectivity index (χ1n) is 8.15. The summed E-state index contributed by atoms with van der Waals surface area (Å²) in [5.41, 5.74) is 1.92. The van der Waals surface area contributed by atoms with E-state index in [0.29, 0.717) is 12.6 Å². The topological polar surface area (TPSA) is 70.6 Å². The van der Waals surface area contributed by atoms with Gasteiger partial charge >= 0.3 is 0 Å². The molecule has 0 aromatic heterocycles. The minimum Gasteiger partial charge on any atom is -0.354 e. The Hall–Kier alpha value is -1.21. The smallest absolute Gasteiger partial charge is 0.191 e. The van der Waals surface area contributed by atoms with E-state index in [1.54, 1.807) is 7.05 Å². The van der Waals surface area contributed by atoms with Crippen molar-refractivity contribution in [1.82, 2.24) is 10.6 Å². The fourth-order valence-corrected chi connectivity index (χ4v) is 4.51. The highest BCUT2D eigenvalue weighted by atomic mass is 32.2. The summed E-state index contributed by atoms with van der Waals surface area (Å²) < 4.78 is 22.6. The maximum atomic E-state index is 11.3. The summed E-state index contributed by atoms with van der Waals surface area (Å²) in [4.78, 5) is 4.29. The van der Waals surface area contributed by atoms with Crippen molar-refractivity contribution in [2.45, 2.75) is 42.9 Å². The van der Waals surface area contributed by atoms with E-state index in [1.807, 2.05) is 36.0 Å². The second-order valence-electron chi connectivity index (χ2n) is 6.32. The summed E-state index contributed by atoms with van der Waals surface area (Å²) in [6.45, 7) is 0.664. The number of nitrogens with one attached hydrogen (secondary N) is 2. The quantitative estimate of drug-likeness (QED) is 0.594. The number of thioether (sulfide) groups is 1. The number of sulfone groups is 1. The molecule has 0 saturated heterocycles. The monoisotopic (exact) mass is 369 g/mol. The van der Waals surface area contributed by atoms with Gasteiger partial charge in [0.05, 0.1) is 5.75 Å². The van der Waals surface area contributed by atoms with Crippen molar-refractivity contribution >= 4 is 27.6 Å². The van der Waals surface area contributed by atoms with E-state index in [-0.39, 0.29) is 5.75 Å². The summed E-state index contributed by atoms with van der Waals surface area (Å²) in [6.07, 6.45) is 7.06. The summed E-state index contributed by atoms with van der Waals surface area (Å²) in [7, 11) is -1.20. The van der Waals surface area contributed by atoms with Crippen LogP contribution in [0.3, 0.4) is 0 Å². The van der Waals surface area contributed by atoms with E-state index >= 15 is 0 Å². The van der Waals surface area contributed by atoms with Crippen molar-refractivity contribution in [3.63, 3.8) is 0 Å². The Morgan fingerprint density at radius 3 is 2.46 bits per heavy atom. The van der Waals surface area contributed by atoms with Crippen LogP contribution >= 0.6 is 11.8 Å². The SMILES string of the molecule is CN=C(NCc1ccc(CS(C)(=O)=O)cc1)NC1CCC(SC)C1. The molecule has 24 heavy (non-hydrogen) atoms. The number of benzene rings is 1. The molecule has 2 unspecified atom stereocenters. The van der Waals surface area contributed by atoms with Gasteiger partial charge in [-0.1, -0.05) is 24.3 Å². The van der Waals surface area contributed by atoms with Crippen molar-refractivity contribution in [3.8, 4) is 0 Å². The normalized spacial score (nSPS) is 21.7. The fourth-order valence-electron chi connectivity index (χ4n) is 2.92. The van der Waals surface area contributed by atoms with Crippen LogP contribution in [0.25, 0.3) is 0 Å². The summed E-state index contributed by atoms with van der Waals surface area (Å²) in [5.74, 6) is 0.907. The van der Waals surface area contributed by atoms with Crippen LogP contribution in [0.4, 0.5) is 0 Å². The van der Waals surface area contributed by atoms with Gasteiger partial charge in [0.1, 0.15) is 0 Å². The van der Waals surface area contributed by atoms with Gasteiger partial charge < -0.3 is 10.6 Å². The predicted octanol–water partition coefficient (Wildman–Crippen LogP) is 2.18. The zero-order valence-corrected chi connectivity index (χ0v) is 16.2. The van der Waals surface area contributed by atoms with Crippen LogP contribution in [-0.4, -0.2) is 45.2 Å². The fraction of sp³-hybridized carbons (Fsp3) is 0.588. The van der Waals surface area contributed by atoms with E-state index in [1.165, 1.54) is 25.5 Å². The average molecular weight is 370 g/mol. The molecule has 1 fully saturated rings. The molecular weight excluding hydrogens is 342 g/mol. The Kier molecular flexibility index (Phi) is 6.98. The Morgan fingerprint density at radius 1 is 1.25 bits per heavy atom. The number of hydrogen-bond acceptors (Lipinski definition) is 4. The molecule has 2 atom stereocenters. The lowest BCUT2D eigenvalue weighted by Gasteiger charge is -2.17. The van der Waals surface area contributed by atoms with E-state index in [2.05, 4.69) is 21.9 Å². The molecule has 0 spiro atoms. The predicted molar refractivity (Wildman–Crippen MR) is 103 cm³/mol. The van der Waals surface area contributed by atoms with Gasteiger partial charge in [-0.25, -0.2) is 8.42 Å². The van der Waals surface area contributed by atoms with Crippen molar-refractivity contribution < 1.29 is 8.42 Å². The molecular formula is C17H27N3O2S2. The number of aliphatic imine (C=N–C) groups is 1. The number of hydrogen-bond donors (Lipinski definition) is 2. The van der Waals surface area contributed by atoms with Crippen molar-refractivity contribution in [2.75, 3.05) is 19.6 Å². The van der Waals surface area contributed by atoms with Gasteiger partial charge in [-0.05, 0) is 36.6 Å². The van der Waals surface area contributed by atoms with Crippen molar-refractivity contribution in [2.24, 2.45) is 4.99 Å². The molecule has 1 aliphatic carbocycles. The molecule has 0 aliphatic heterocycles. The molecule has 1 aromatic rings. The summed E-state index contributed by atoms with van der Waals surface area (Å²) in [6, 6.07) is 8.15. The van der Waals surface area contributed by atoms with E-state index < -0.39 is 9.84 Å². The Labute approximate surface area is 149 Å². The zero-order valence-electron chi connectivity index (χ0n) is 14.6. The van der Waals surface area contributed by atoms with E-state index in [4.69, 9.17) is 0 Å². The first kappa shape index (κ1) is 19.1. The van der Waals surface area contributed by atoms with Gasteiger partial charge in [0.15, 0.2) is 15.8 Å². The Balaban J connectivity index is 1.83. The molecule has 0 amide bonds.